The van der Waals surface area contributed by atoms with Gasteiger partial charge in [0.15, 0.2) is 0 Å². The van der Waals surface area contributed by atoms with Gasteiger partial charge in [-0.15, -0.1) is 11.3 Å². The van der Waals surface area contributed by atoms with Gasteiger partial charge in [0.05, 0.1) is 17.2 Å². The molecule has 0 bridgehead atoms. The number of aryl methyl sites for hydroxylation is 1. The fraction of sp³-hybridized carbons (Fsp3) is 0.214. The minimum absolute atomic E-state index is 0.221. The molecule has 0 unspecified atom stereocenters. The van der Waals surface area contributed by atoms with Gasteiger partial charge < -0.3 is 14.5 Å². The van der Waals surface area contributed by atoms with Crippen molar-refractivity contribution in [1.29, 1.82) is 0 Å². The van der Waals surface area contributed by atoms with Gasteiger partial charge in [-0.3, -0.25) is 4.79 Å². The van der Waals surface area contributed by atoms with Gasteiger partial charge in [0.2, 0.25) is 0 Å². The SMILES string of the molecule is CCOC(=O)c1sc(NC(=O)c2ccc(=O)oc2)cc1C. The molecule has 0 aliphatic heterocycles. The molecule has 0 atom stereocenters. The van der Waals surface area contributed by atoms with Crippen LogP contribution in [-0.4, -0.2) is 18.5 Å². The third-order valence-corrected chi connectivity index (χ3v) is 3.71. The standard InChI is InChI=1S/C14H13NO5S/c1-3-19-14(18)12-8(2)6-10(21-12)15-13(17)9-4-5-11(16)20-7-9/h4-7H,3H2,1-2H3,(H,15,17). The predicted molar refractivity (Wildman–Crippen MR) is 77.9 cm³/mol. The van der Waals surface area contributed by atoms with Crippen LogP contribution in [0.1, 0.15) is 32.5 Å². The summed E-state index contributed by atoms with van der Waals surface area (Å²) in [4.78, 5) is 34.9. The minimum Gasteiger partial charge on any atom is -0.462 e. The average molecular weight is 307 g/mol. The molecule has 7 heteroatoms. The Morgan fingerprint density at radius 3 is 2.76 bits per heavy atom. The van der Waals surface area contributed by atoms with E-state index < -0.39 is 17.5 Å². The second-order valence-electron chi connectivity index (χ2n) is 4.14. The molecular formula is C14H13NO5S. The summed E-state index contributed by atoms with van der Waals surface area (Å²) in [6.07, 6.45) is 1.09. The van der Waals surface area contributed by atoms with Crippen molar-refractivity contribution in [1.82, 2.24) is 0 Å². The molecule has 110 valence electrons. The molecule has 0 saturated heterocycles. The first-order valence-electron chi connectivity index (χ1n) is 6.19. The topological polar surface area (TPSA) is 85.6 Å². The Kier molecular flexibility index (Phi) is 4.54. The van der Waals surface area contributed by atoms with Crippen LogP contribution in [0.15, 0.2) is 33.7 Å². The van der Waals surface area contributed by atoms with Crippen molar-refractivity contribution in [2.75, 3.05) is 11.9 Å². The second-order valence-corrected chi connectivity index (χ2v) is 5.19. The van der Waals surface area contributed by atoms with Crippen molar-refractivity contribution in [3.05, 3.63) is 50.9 Å². The third-order valence-electron chi connectivity index (χ3n) is 2.58. The highest BCUT2D eigenvalue weighted by molar-refractivity contribution is 7.18. The zero-order chi connectivity index (χ0) is 15.4. The van der Waals surface area contributed by atoms with E-state index in [2.05, 4.69) is 9.73 Å². The number of hydrogen-bond donors (Lipinski definition) is 1. The molecule has 21 heavy (non-hydrogen) atoms. The monoisotopic (exact) mass is 307 g/mol. The van der Waals surface area contributed by atoms with Crippen LogP contribution < -0.4 is 10.9 Å². The van der Waals surface area contributed by atoms with Crippen LogP contribution >= 0.6 is 11.3 Å². The van der Waals surface area contributed by atoms with Gasteiger partial charge in [-0.1, -0.05) is 0 Å². The van der Waals surface area contributed by atoms with Crippen LogP contribution in [-0.2, 0) is 4.74 Å². The number of ether oxygens (including phenoxy) is 1. The number of amides is 1. The molecule has 2 rings (SSSR count). The number of nitrogens with one attached hydrogen (secondary N) is 1. The number of hydrogen-bond acceptors (Lipinski definition) is 6. The lowest BCUT2D eigenvalue weighted by Gasteiger charge is -2.01. The van der Waals surface area contributed by atoms with Crippen molar-refractivity contribution in [3.63, 3.8) is 0 Å². The van der Waals surface area contributed by atoms with Gasteiger partial charge in [0.25, 0.3) is 5.91 Å². The highest BCUT2D eigenvalue weighted by atomic mass is 32.1. The Hall–Kier alpha value is -2.41. The molecule has 2 aromatic heterocycles. The number of anilines is 1. The van der Waals surface area contributed by atoms with Crippen LogP contribution in [0.2, 0.25) is 0 Å². The van der Waals surface area contributed by atoms with E-state index >= 15 is 0 Å². The zero-order valence-electron chi connectivity index (χ0n) is 11.5. The molecule has 1 amide bonds. The van der Waals surface area contributed by atoms with Crippen molar-refractivity contribution < 1.29 is 18.7 Å². The first-order chi connectivity index (χ1) is 10.0. The third kappa shape index (κ3) is 3.57. The van der Waals surface area contributed by atoms with E-state index in [4.69, 9.17) is 4.74 Å². The molecule has 0 aliphatic carbocycles. The van der Waals surface area contributed by atoms with E-state index in [0.29, 0.717) is 16.5 Å². The maximum absolute atomic E-state index is 12.0. The normalized spacial score (nSPS) is 10.2. The first-order valence-corrected chi connectivity index (χ1v) is 7.00. The number of carbonyl (C=O) groups is 2. The van der Waals surface area contributed by atoms with E-state index in [1.807, 2.05) is 0 Å². The van der Waals surface area contributed by atoms with E-state index in [9.17, 15) is 14.4 Å². The summed E-state index contributed by atoms with van der Waals surface area (Å²) in [5.41, 5.74) is 0.426. The molecule has 0 aromatic carbocycles. The predicted octanol–water partition coefficient (Wildman–Crippen LogP) is 2.44. The van der Waals surface area contributed by atoms with Crippen LogP contribution in [0, 0.1) is 6.92 Å². The fourth-order valence-electron chi connectivity index (χ4n) is 1.61. The summed E-state index contributed by atoms with van der Waals surface area (Å²) in [5, 5.41) is 3.17. The van der Waals surface area contributed by atoms with Crippen LogP contribution in [0.5, 0.6) is 0 Å². The molecule has 1 N–H and O–H groups in total. The summed E-state index contributed by atoms with van der Waals surface area (Å²) in [6, 6.07) is 4.22. The zero-order valence-corrected chi connectivity index (χ0v) is 12.3. The van der Waals surface area contributed by atoms with Crippen molar-refractivity contribution in [2.24, 2.45) is 0 Å². The van der Waals surface area contributed by atoms with E-state index in [-0.39, 0.29) is 5.56 Å². The molecule has 0 radical (unpaired) electrons. The minimum atomic E-state index is -0.525. The molecule has 2 aromatic rings. The number of esters is 1. The highest BCUT2D eigenvalue weighted by Gasteiger charge is 2.16. The summed E-state index contributed by atoms with van der Waals surface area (Å²) in [7, 11) is 0. The lowest BCUT2D eigenvalue weighted by Crippen LogP contribution is -2.12. The molecular weight excluding hydrogens is 294 g/mol. The molecule has 0 aliphatic rings. The second kappa shape index (κ2) is 6.36. The summed E-state index contributed by atoms with van der Waals surface area (Å²) in [6.45, 7) is 3.79. The Bertz CT molecular complexity index is 711. The average Bonchev–Trinajstić information content (AvgIpc) is 2.80. The van der Waals surface area contributed by atoms with Crippen LogP contribution in [0.25, 0.3) is 0 Å². The van der Waals surface area contributed by atoms with Gasteiger partial charge in [-0.25, -0.2) is 9.59 Å². The largest absolute Gasteiger partial charge is 0.462 e. The number of rotatable bonds is 4. The van der Waals surface area contributed by atoms with Crippen molar-refractivity contribution in [3.8, 4) is 0 Å². The van der Waals surface area contributed by atoms with Crippen molar-refractivity contribution in [2.45, 2.75) is 13.8 Å². The lowest BCUT2D eigenvalue weighted by molar-refractivity contribution is 0.0531. The quantitative estimate of drug-likeness (QED) is 0.877. The van der Waals surface area contributed by atoms with E-state index in [0.717, 1.165) is 23.2 Å². The van der Waals surface area contributed by atoms with Crippen molar-refractivity contribution >= 4 is 28.2 Å². The number of carbonyl (C=O) groups excluding carboxylic acids is 2. The summed E-state index contributed by atoms with van der Waals surface area (Å²) in [5.74, 6) is -0.832. The smallest absolute Gasteiger partial charge is 0.348 e. The van der Waals surface area contributed by atoms with Gasteiger partial charge in [0, 0.05) is 6.07 Å². The summed E-state index contributed by atoms with van der Waals surface area (Å²) >= 11 is 1.13. The molecule has 0 fully saturated rings. The molecule has 6 nitrogen and oxygen atoms in total. The molecule has 2 heterocycles. The Morgan fingerprint density at radius 1 is 1.38 bits per heavy atom. The van der Waals surface area contributed by atoms with Gasteiger partial charge >= 0.3 is 11.6 Å². The lowest BCUT2D eigenvalue weighted by atomic mass is 10.2. The fourth-order valence-corrected chi connectivity index (χ4v) is 2.58. The molecule has 0 spiro atoms. The van der Waals surface area contributed by atoms with Gasteiger partial charge in [0.1, 0.15) is 11.1 Å². The van der Waals surface area contributed by atoms with Gasteiger partial charge in [-0.2, -0.15) is 0 Å². The Labute approximate surface area is 124 Å². The Morgan fingerprint density at radius 2 is 2.14 bits per heavy atom. The molecule has 0 saturated carbocycles. The number of thiophene rings is 1. The van der Waals surface area contributed by atoms with Crippen LogP contribution in [0.4, 0.5) is 5.00 Å². The maximum atomic E-state index is 12.0. The maximum Gasteiger partial charge on any atom is 0.348 e. The summed E-state index contributed by atoms with van der Waals surface area (Å²) < 4.78 is 9.56. The van der Waals surface area contributed by atoms with Gasteiger partial charge in [-0.05, 0) is 31.5 Å². The first kappa shape index (κ1) is 15.0. The Balaban J connectivity index is 2.15. The van der Waals surface area contributed by atoms with E-state index in [1.165, 1.54) is 12.1 Å². The van der Waals surface area contributed by atoms with Crippen LogP contribution in [0.3, 0.4) is 0 Å². The highest BCUT2D eigenvalue weighted by Crippen LogP contribution is 2.27. The van der Waals surface area contributed by atoms with E-state index in [1.54, 1.807) is 19.9 Å².